The van der Waals surface area contributed by atoms with E-state index in [1.165, 1.54) is 0 Å². The van der Waals surface area contributed by atoms with Gasteiger partial charge in [-0.25, -0.2) is 0 Å². The highest BCUT2D eigenvalue weighted by Crippen LogP contribution is 2.00. The molecule has 1 aromatic rings. The van der Waals surface area contributed by atoms with E-state index in [4.69, 9.17) is 9.15 Å². The van der Waals surface area contributed by atoms with Crippen LogP contribution in [0.5, 0.6) is 0 Å². The molecule has 0 saturated carbocycles. The predicted octanol–water partition coefficient (Wildman–Crippen LogP) is 1.40. The largest absolute Gasteiger partial charge is 0.467 e. The van der Waals surface area contributed by atoms with Gasteiger partial charge in [-0.3, -0.25) is 0 Å². The van der Waals surface area contributed by atoms with Crippen LogP contribution < -0.4 is 0 Å². The van der Waals surface area contributed by atoms with Crippen LogP contribution in [0.15, 0.2) is 22.8 Å². The van der Waals surface area contributed by atoms with Gasteiger partial charge in [0.15, 0.2) is 0 Å². The van der Waals surface area contributed by atoms with Crippen LogP contribution in [-0.2, 0) is 16.1 Å². The molecule has 0 aliphatic heterocycles. The van der Waals surface area contributed by atoms with Gasteiger partial charge in [0.25, 0.3) is 0 Å². The van der Waals surface area contributed by atoms with E-state index in [2.05, 4.69) is 4.74 Å². The molecule has 0 spiro atoms. The lowest BCUT2D eigenvalue weighted by molar-refractivity contribution is -0.0440. The van der Waals surface area contributed by atoms with Gasteiger partial charge in [0.05, 0.1) is 6.26 Å². The Kier molecular flexibility index (Phi) is 2.99. The first-order valence-corrected chi connectivity index (χ1v) is 3.02. The van der Waals surface area contributed by atoms with Crippen LogP contribution in [0.4, 0.5) is 0 Å². The normalized spacial score (nSPS) is 10.1. The number of hydrogen-bond acceptors (Lipinski definition) is 3. The van der Waals surface area contributed by atoms with Gasteiger partial charge < -0.3 is 13.9 Å². The van der Waals surface area contributed by atoms with Crippen molar-refractivity contribution < 1.29 is 13.9 Å². The number of methoxy groups -OCH3 is 1. The monoisotopic (exact) mass is 142 g/mol. The van der Waals surface area contributed by atoms with Crippen molar-refractivity contribution in [2.24, 2.45) is 0 Å². The fourth-order valence-corrected chi connectivity index (χ4v) is 0.620. The predicted molar refractivity (Wildman–Crippen MR) is 35.4 cm³/mol. The number of ether oxygens (including phenoxy) is 2. The summed E-state index contributed by atoms with van der Waals surface area (Å²) in [6.45, 7) is 0.779. The molecule has 10 heavy (non-hydrogen) atoms. The molecule has 1 heterocycles. The molecule has 0 fully saturated rings. The van der Waals surface area contributed by atoms with E-state index in [1.807, 2.05) is 12.1 Å². The standard InChI is InChI=1S/C7H10O3/c1-8-6-9-5-7-3-2-4-10-7/h2-4H,5-6H2,1H3. The Morgan fingerprint density at radius 3 is 3.10 bits per heavy atom. The fraction of sp³-hybridized carbons (Fsp3) is 0.429. The second kappa shape index (κ2) is 4.09. The van der Waals surface area contributed by atoms with Crippen molar-refractivity contribution in [3.8, 4) is 0 Å². The minimum atomic E-state index is 0.306. The zero-order valence-corrected chi connectivity index (χ0v) is 5.87. The fourth-order valence-electron chi connectivity index (χ4n) is 0.620. The highest BCUT2D eigenvalue weighted by Gasteiger charge is 1.92. The average Bonchev–Trinajstić information content (AvgIpc) is 2.41. The Hall–Kier alpha value is -0.800. The molecule has 0 aliphatic carbocycles. The molecule has 1 rings (SSSR count). The second-order valence-corrected chi connectivity index (χ2v) is 1.83. The van der Waals surface area contributed by atoms with Gasteiger partial charge in [0.1, 0.15) is 19.2 Å². The zero-order chi connectivity index (χ0) is 7.23. The zero-order valence-electron chi connectivity index (χ0n) is 5.87. The summed E-state index contributed by atoms with van der Waals surface area (Å²) in [5, 5.41) is 0. The number of rotatable bonds is 4. The van der Waals surface area contributed by atoms with E-state index in [0.29, 0.717) is 13.4 Å². The van der Waals surface area contributed by atoms with Gasteiger partial charge in [-0.1, -0.05) is 0 Å². The topological polar surface area (TPSA) is 31.6 Å². The first-order chi connectivity index (χ1) is 4.93. The SMILES string of the molecule is COCOCc1ccco1. The molecule has 0 aromatic carbocycles. The molecule has 56 valence electrons. The van der Waals surface area contributed by atoms with Crippen LogP contribution >= 0.6 is 0 Å². The Bertz CT molecular complexity index is 157. The van der Waals surface area contributed by atoms with Crippen LogP contribution in [0.3, 0.4) is 0 Å². The van der Waals surface area contributed by atoms with E-state index in [1.54, 1.807) is 13.4 Å². The summed E-state index contributed by atoms with van der Waals surface area (Å²) in [6, 6.07) is 3.68. The Balaban J connectivity index is 2.15. The number of furan rings is 1. The van der Waals surface area contributed by atoms with Gasteiger partial charge >= 0.3 is 0 Å². The molecule has 3 nitrogen and oxygen atoms in total. The van der Waals surface area contributed by atoms with Crippen LogP contribution in [-0.4, -0.2) is 13.9 Å². The summed E-state index contributed by atoms with van der Waals surface area (Å²) in [5.41, 5.74) is 0. The van der Waals surface area contributed by atoms with E-state index < -0.39 is 0 Å². The summed E-state index contributed by atoms with van der Waals surface area (Å²) >= 11 is 0. The van der Waals surface area contributed by atoms with Gasteiger partial charge in [0, 0.05) is 7.11 Å². The summed E-state index contributed by atoms with van der Waals surface area (Å²) in [6.07, 6.45) is 1.62. The van der Waals surface area contributed by atoms with E-state index in [0.717, 1.165) is 5.76 Å². The second-order valence-electron chi connectivity index (χ2n) is 1.83. The smallest absolute Gasteiger partial charge is 0.146 e. The third-order valence-corrected chi connectivity index (χ3v) is 1.03. The third kappa shape index (κ3) is 2.21. The summed E-state index contributed by atoms with van der Waals surface area (Å²) in [7, 11) is 1.59. The quantitative estimate of drug-likeness (QED) is 0.470. The minimum absolute atomic E-state index is 0.306. The lowest BCUT2D eigenvalue weighted by Crippen LogP contribution is -1.95. The molecule has 0 radical (unpaired) electrons. The van der Waals surface area contributed by atoms with Crippen molar-refractivity contribution in [1.29, 1.82) is 0 Å². The molecular formula is C7H10O3. The maximum atomic E-state index is 5.01. The molecule has 0 unspecified atom stereocenters. The molecule has 0 aliphatic rings. The molecule has 3 heteroatoms. The van der Waals surface area contributed by atoms with Gasteiger partial charge in [-0.05, 0) is 12.1 Å². The Labute approximate surface area is 59.5 Å². The van der Waals surface area contributed by atoms with Crippen molar-refractivity contribution in [2.75, 3.05) is 13.9 Å². The van der Waals surface area contributed by atoms with Crippen LogP contribution in [0.25, 0.3) is 0 Å². The van der Waals surface area contributed by atoms with Crippen LogP contribution in [0, 0.1) is 0 Å². The Morgan fingerprint density at radius 2 is 2.50 bits per heavy atom. The average molecular weight is 142 g/mol. The molecule has 0 saturated heterocycles. The molecule has 1 aromatic heterocycles. The molecule has 0 bridgehead atoms. The van der Waals surface area contributed by atoms with E-state index >= 15 is 0 Å². The van der Waals surface area contributed by atoms with Crippen LogP contribution in [0.2, 0.25) is 0 Å². The summed E-state index contributed by atoms with van der Waals surface area (Å²) in [5.74, 6) is 0.817. The molecular weight excluding hydrogens is 132 g/mol. The lowest BCUT2D eigenvalue weighted by atomic mass is 10.5. The van der Waals surface area contributed by atoms with Crippen molar-refractivity contribution in [1.82, 2.24) is 0 Å². The van der Waals surface area contributed by atoms with Crippen molar-refractivity contribution in [3.05, 3.63) is 24.2 Å². The van der Waals surface area contributed by atoms with E-state index in [9.17, 15) is 0 Å². The highest BCUT2D eigenvalue weighted by atomic mass is 16.7. The summed E-state index contributed by atoms with van der Waals surface area (Å²) < 4.78 is 14.7. The minimum Gasteiger partial charge on any atom is -0.467 e. The highest BCUT2D eigenvalue weighted by molar-refractivity contribution is 4.95. The molecule has 0 atom stereocenters. The first-order valence-electron chi connectivity index (χ1n) is 3.02. The summed E-state index contributed by atoms with van der Waals surface area (Å²) in [4.78, 5) is 0. The van der Waals surface area contributed by atoms with E-state index in [-0.39, 0.29) is 0 Å². The lowest BCUT2D eigenvalue weighted by Gasteiger charge is -1.97. The third-order valence-electron chi connectivity index (χ3n) is 1.03. The molecule has 0 amide bonds. The van der Waals surface area contributed by atoms with Crippen molar-refractivity contribution in [2.45, 2.75) is 6.61 Å². The van der Waals surface area contributed by atoms with Crippen molar-refractivity contribution in [3.63, 3.8) is 0 Å². The maximum absolute atomic E-state index is 5.01. The van der Waals surface area contributed by atoms with Gasteiger partial charge in [-0.2, -0.15) is 0 Å². The maximum Gasteiger partial charge on any atom is 0.146 e. The molecule has 0 N–H and O–H groups in total. The van der Waals surface area contributed by atoms with Crippen molar-refractivity contribution >= 4 is 0 Å². The Morgan fingerprint density at radius 1 is 1.60 bits per heavy atom. The van der Waals surface area contributed by atoms with Crippen LogP contribution in [0.1, 0.15) is 5.76 Å². The van der Waals surface area contributed by atoms with Gasteiger partial charge in [0.2, 0.25) is 0 Å². The first kappa shape index (κ1) is 7.31. The number of hydrogen-bond donors (Lipinski definition) is 0. The van der Waals surface area contributed by atoms with Gasteiger partial charge in [-0.15, -0.1) is 0 Å².